The summed E-state index contributed by atoms with van der Waals surface area (Å²) in [5, 5.41) is 4.21. The van der Waals surface area contributed by atoms with Gasteiger partial charge in [0.1, 0.15) is 6.79 Å². The third kappa shape index (κ3) is 4.16. The smallest absolute Gasteiger partial charge is 0.350 e. The molecule has 5 atom stereocenters. The van der Waals surface area contributed by atoms with E-state index < -0.39 is 6.10 Å². The Balaban J connectivity index is 1.72. The molecule has 24 heavy (non-hydrogen) atoms. The summed E-state index contributed by atoms with van der Waals surface area (Å²) in [5.41, 5.74) is 0.960. The van der Waals surface area contributed by atoms with E-state index in [0.29, 0.717) is 19.1 Å². The molecule has 2 bridgehead atoms. The lowest BCUT2D eigenvalue weighted by atomic mass is 9.88. The van der Waals surface area contributed by atoms with Gasteiger partial charge in [0.2, 0.25) is 6.10 Å². The molecule has 1 aliphatic carbocycles. The van der Waals surface area contributed by atoms with E-state index in [1.54, 1.807) is 7.11 Å². The van der Waals surface area contributed by atoms with Crippen LogP contribution in [-0.4, -0.2) is 43.9 Å². The van der Waals surface area contributed by atoms with Crippen molar-refractivity contribution in [2.45, 2.75) is 63.8 Å². The molecular weight excluding hydrogens is 310 g/mol. The molecule has 6 nitrogen and oxygen atoms in total. The van der Waals surface area contributed by atoms with Gasteiger partial charge in [-0.25, -0.2) is 4.79 Å². The van der Waals surface area contributed by atoms with Crippen molar-refractivity contribution in [2.75, 3.05) is 13.9 Å². The van der Waals surface area contributed by atoms with Gasteiger partial charge in [-0.3, -0.25) is 0 Å². The fourth-order valence-electron chi connectivity index (χ4n) is 3.79. The van der Waals surface area contributed by atoms with Crippen molar-refractivity contribution in [3.05, 3.63) is 12.2 Å². The number of rotatable bonds is 3. The second-order valence-electron chi connectivity index (χ2n) is 6.92. The number of cyclic esters (lactones) is 1. The first-order valence-corrected chi connectivity index (χ1v) is 8.87. The van der Waals surface area contributed by atoms with Gasteiger partial charge < -0.3 is 19.0 Å². The fraction of sp³-hybridized carbons (Fsp3) is 0.778. The molecule has 0 aromatic heterocycles. The molecule has 3 rings (SSSR count). The number of fused-ring (bicyclic) bond motifs is 4. The summed E-state index contributed by atoms with van der Waals surface area (Å²) >= 11 is 0. The maximum Gasteiger partial charge on any atom is 0.350 e. The van der Waals surface area contributed by atoms with Crippen LogP contribution in [0.4, 0.5) is 0 Å². The van der Waals surface area contributed by atoms with Crippen LogP contribution >= 0.6 is 0 Å². The minimum atomic E-state index is -0.591. The van der Waals surface area contributed by atoms with Crippen LogP contribution in [0.1, 0.15) is 45.4 Å². The quantitative estimate of drug-likeness (QED) is 0.450. The van der Waals surface area contributed by atoms with E-state index in [1.807, 2.05) is 6.92 Å². The summed E-state index contributed by atoms with van der Waals surface area (Å²) in [5.74, 6) is 0.344. The monoisotopic (exact) mass is 337 g/mol. The van der Waals surface area contributed by atoms with E-state index in [2.05, 4.69) is 17.3 Å². The third-order valence-electron chi connectivity index (χ3n) is 5.05. The Morgan fingerprint density at radius 1 is 1.38 bits per heavy atom. The van der Waals surface area contributed by atoms with Crippen molar-refractivity contribution in [3.63, 3.8) is 0 Å². The first-order valence-electron chi connectivity index (χ1n) is 8.87. The van der Waals surface area contributed by atoms with Gasteiger partial charge in [-0.1, -0.05) is 17.3 Å². The highest BCUT2D eigenvalue weighted by Crippen LogP contribution is 2.38. The SMILES string of the molecule is COCO[C@H]1C[C@H]2/C=C\CCC[C@@H](C)OC(=O)[C@@H]3CC(=NO3)[C@@H]2C1. The fourth-order valence-corrected chi connectivity index (χ4v) is 3.79. The zero-order valence-corrected chi connectivity index (χ0v) is 14.5. The van der Waals surface area contributed by atoms with Crippen LogP contribution in [0.2, 0.25) is 0 Å². The van der Waals surface area contributed by atoms with Gasteiger partial charge in [-0.2, -0.15) is 0 Å². The summed E-state index contributed by atoms with van der Waals surface area (Å²) in [4.78, 5) is 17.6. The molecule has 1 fully saturated rings. The standard InChI is InChI=1S/C18H27NO5/c1-12-6-4-3-5-7-13-8-14(22-11-21-2)9-15(13)16-10-17(24-19-16)18(20)23-12/h5,7,12-15,17H,3-4,6,8-11H2,1-2H3/b7-5-/t12-,13-,14+,15-,17+/m1/s1. The molecule has 0 aromatic rings. The zero-order valence-electron chi connectivity index (χ0n) is 14.5. The van der Waals surface area contributed by atoms with E-state index in [0.717, 1.165) is 37.8 Å². The van der Waals surface area contributed by atoms with E-state index in [9.17, 15) is 4.79 Å². The Labute approximate surface area is 143 Å². The number of methoxy groups -OCH3 is 1. The van der Waals surface area contributed by atoms with Gasteiger partial charge in [0.25, 0.3) is 0 Å². The molecule has 0 radical (unpaired) electrons. The third-order valence-corrected chi connectivity index (χ3v) is 5.05. The molecule has 0 N–H and O–H groups in total. The van der Waals surface area contributed by atoms with Crippen LogP contribution in [0, 0.1) is 11.8 Å². The van der Waals surface area contributed by atoms with E-state index in [1.165, 1.54) is 0 Å². The molecule has 0 aromatic carbocycles. The van der Waals surface area contributed by atoms with E-state index in [-0.39, 0.29) is 24.1 Å². The number of allylic oxidation sites excluding steroid dienone is 2. The number of hydrogen-bond donors (Lipinski definition) is 0. The molecule has 0 spiro atoms. The number of carbonyl (C=O) groups is 1. The minimum Gasteiger partial charge on any atom is -0.460 e. The van der Waals surface area contributed by atoms with Gasteiger partial charge in [0, 0.05) is 19.4 Å². The lowest BCUT2D eigenvalue weighted by molar-refractivity contribution is -0.160. The topological polar surface area (TPSA) is 66.4 Å². The zero-order chi connectivity index (χ0) is 16.9. The maximum absolute atomic E-state index is 12.2. The first kappa shape index (κ1) is 17.4. The molecule has 2 heterocycles. The predicted molar refractivity (Wildman–Crippen MR) is 88.4 cm³/mol. The van der Waals surface area contributed by atoms with Crippen molar-refractivity contribution in [2.24, 2.45) is 17.0 Å². The molecule has 3 aliphatic rings. The van der Waals surface area contributed by atoms with Gasteiger partial charge >= 0.3 is 5.97 Å². The highest BCUT2D eigenvalue weighted by Gasteiger charge is 2.41. The maximum atomic E-state index is 12.2. The van der Waals surface area contributed by atoms with Gasteiger partial charge in [0.15, 0.2) is 0 Å². The normalized spacial score (nSPS) is 38.0. The van der Waals surface area contributed by atoms with Crippen LogP contribution < -0.4 is 0 Å². The number of esters is 1. The van der Waals surface area contributed by atoms with Gasteiger partial charge in [-0.15, -0.1) is 0 Å². The van der Waals surface area contributed by atoms with Gasteiger partial charge in [0.05, 0.1) is 17.9 Å². The molecule has 0 saturated heterocycles. The molecule has 134 valence electrons. The van der Waals surface area contributed by atoms with E-state index >= 15 is 0 Å². The van der Waals surface area contributed by atoms with Crippen molar-refractivity contribution in [1.29, 1.82) is 0 Å². The number of ether oxygens (including phenoxy) is 3. The minimum absolute atomic E-state index is 0.0781. The second-order valence-corrected chi connectivity index (χ2v) is 6.92. The molecule has 0 amide bonds. The summed E-state index contributed by atoms with van der Waals surface area (Å²) in [6.07, 6.45) is 9.27. The highest BCUT2D eigenvalue weighted by atomic mass is 16.7. The lowest BCUT2D eigenvalue weighted by Crippen LogP contribution is -2.28. The van der Waals surface area contributed by atoms with Crippen LogP contribution in [0.25, 0.3) is 0 Å². The molecule has 2 aliphatic heterocycles. The summed E-state index contributed by atoms with van der Waals surface area (Å²) < 4.78 is 16.3. The largest absolute Gasteiger partial charge is 0.460 e. The average Bonchev–Trinajstić information content (AvgIpc) is 3.18. The van der Waals surface area contributed by atoms with Crippen LogP contribution in [0.5, 0.6) is 0 Å². The van der Waals surface area contributed by atoms with Crippen molar-refractivity contribution >= 4 is 11.7 Å². The number of oxime groups is 1. The Hall–Kier alpha value is -1.40. The predicted octanol–water partition coefficient (Wildman–Crippen LogP) is 2.82. The Morgan fingerprint density at radius 2 is 2.25 bits per heavy atom. The Morgan fingerprint density at radius 3 is 3.08 bits per heavy atom. The Bertz CT molecular complexity index is 504. The van der Waals surface area contributed by atoms with Crippen LogP contribution in [0.15, 0.2) is 17.3 Å². The average molecular weight is 337 g/mol. The van der Waals surface area contributed by atoms with Crippen LogP contribution in [-0.2, 0) is 23.8 Å². The number of nitrogens with zero attached hydrogens (tertiary/aromatic N) is 1. The van der Waals surface area contributed by atoms with E-state index in [4.69, 9.17) is 19.0 Å². The highest BCUT2D eigenvalue weighted by molar-refractivity contribution is 5.93. The lowest BCUT2D eigenvalue weighted by Gasteiger charge is -2.15. The molecule has 0 unspecified atom stereocenters. The summed E-state index contributed by atoms with van der Waals surface area (Å²) in [6, 6.07) is 0. The van der Waals surface area contributed by atoms with Crippen LogP contribution in [0.3, 0.4) is 0 Å². The molecular formula is C18H27NO5. The van der Waals surface area contributed by atoms with Gasteiger partial charge in [-0.05, 0) is 44.9 Å². The Kier molecular flexibility index (Phi) is 5.89. The first-order chi connectivity index (χ1) is 11.7. The second kappa shape index (κ2) is 8.12. The van der Waals surface area contributed by atoms with Crippen molar-refractivity contribution in [3.8, 4) is 0 Å². The van der Waals surface area contributed by atoms with Crippen molar-refractivity contribution < 1.29 is 23.8 Å². The number of carbonyl (C=O) groups excluding carboxylic acids is 1. The molecule has 6 heteroatoms. The summed E-state index contributed by atoms with van der Waals surface area (Å²) in [7, 11) is 1.63. The molecule has 1 saturated carbocycles. The summed E-state index contributed by atoms with van der Waals surface area (Å²) in [6.45, 7) is 2.24. The van der Waals surface area contributed by atoms with Crippen molar-refractivity contribution in [1.82, 2.24) is 0 Å². The number of hydrogen-bond acceptors (Lipinski definition) is 6.